The Balaban J connectivity index is 2.23. The molecule has 2 unspecified atom stereocenters. The average molecular weight is 230 g/mol. The molecule has 0 spiro atoms. The molecule has 2 atom stereocenters. The summed E-state index contributed by atoms with van der Waals surface area (Å²) in [7, 11) is 0. The van der Waals surface area contributed by atoms with Crippen LogP contribution in [-0.2, 0) is 6.54 Å². The van der Waals surface area contributed by atoms with Gasteiger partial charge in [-0.05, 0) is 18.6 Å². The van der Waals surface area contributed by atoms with Gasteiger partial charge in [0.1, 0.15) is 6.10 Å². The van der Waals surface area contributed by atoms with Gasteiger partial charge in [-0.1, -0.05) is 37.3 Å². The molecule has 0 saturated carbocycles. The van der Waals surface area contributed by atoms with Crippen LogP contribution in [0.25, 0.3) is 0 Å². The quantitative estimate of drug-likeness (QED) is 0.877. The van der Waals surface area contributed by atoms with Crippen LogP contribution in [0.5, 0.6) is 0 Å². The third-order valence-corrected chi connectivity index (χ3v) is 3.15. The van der Waals surface area contributed by atoms with E-state index in [1.807, 2.05) is 54.9 Å². The van der Waals surface area contributed by atoms with E-state index in [4.69, 9.17) is 0 Å². The van der Waals surface area contributed by atoms with Gasteiger partial charge in [-0.2, -0.15) is 5.10 Å². The molecule has 2 aromatic rings. The summed E-state index contributed by atoms with van der Waals surface area (Å²) in [5, 5.41) is 14.6. The number of nitrogens with zero attached hydrogens (tertiary/aromatic N) is 2. The van der Waals surface area contributed by atoms with Crippen LogP contribution in [0.3, 0.4) is 0 Å². The second-order valence-corrected chi connectivity index (χ2v) is 4.22. The van der Waals surface area contributed by atoms with Crippen LogP contribution in [0, 0.1) is 0 Å². The van der Waals surface area contributed by atoms with Crippen LogP contribution >= 0.6 is 0 Å². The maximum Gasteiger partial charge on any atom is 0.102 e. The van der Waals surface area contributed by atoms with Gasteiger partial charge in [-0.15, -0.1) is 0 Å². The summed E-state index contributed by atoms with van der Waals surface area (Å²) in [5.74, 6) is 0.0678. The second kappa shape index (κ2) is 5.15. The fourth-order valence-corrected chi connectivity index (χ4v) is 2.05. The molecule has 2 rings (SSSR count). The van der Waals surface area contributed by atoms with Crippen LogP contribution in [0.1, 0.15) is 37.1 Å². The lowest BCUT2D eigenvalue weighted by Gasteiger charge is -2.20. The van der Waals surface area contributed by atoms with Gasteiger partial charge in [-0.25, -0.2) is 0 Å². The van der Waals surface area contributed by atoms with E-state index in [2.05, 4.69) is 5.10 Å². The molecule has 0 aliphatic heterocycles. The molecule has 0 aliphatic carbocycles. The van der Waals surface area contributed by atoms with E-state index < -0.39 is 6.10 Å². The number of benzene rings is 1. The largest absolute Gasteiger partial charge is 0.386 e. The Morgan fingerprint density at radius 2 is 1.94 bits per heavy atom. The molecule has 1 aromatic heterocycles. The third-order valence-electron chi connectivity index (χ3n) is 3.15. The fourth-order valence-electron chi connectivity index (χ4n) is 2.05. The predicted molar refractivity (Wildman–Crippen MR) is 67.7 cm³/mol. The van der Waals surface area contributed by atoms with Gasteiger partial charge in [-0.3, -0.25) is 4.68 Å². The molecule has 1 N–H and O–H groups in total. The Labute approximate surface area is 102 Å². The van der Waals surface area contributed by atoms with Gasteiger partial charge in [0, 0.05) is 18.7 Å². The molecular formula is C14H18N2O. The molecule has 0 radical (unpaired) electrons. The highest BCUT2D eigenvalue weighted by atomic mass is 16.3. The molecule has 17 heavy (non-hydrogen) atoms. The lowest BCUT2D eigenvalue weighted by atomic mass is 9.93. The summed E-state index contributed by atoms with van der Waals surface area (Å²) in [6, 6.07) is 11.9. The first-order chi connectivity index (χ1) is 8.24. The lowest BCUT2D eigenvalue weighted by molar-refractivity contribution is 0.141. The van der Waals surface area contributed by atoms with Gasteiger partial charge in [0.15, 0.2) is 0 Å². The number of aliphatic hydroxyl groups is 1. The van der Waals surface area contributed by atoms with Crippen molar-refractivity contribution in [3.63, 3.8) is 0 Å². The summed E-state index contributed by atoms with van der Waals surface area (Å²) in [6.45, 7) is 4.84. The van der Waals surface area contributed by atoms with Gasteiger partial charge in [0.25, 0.3) is 0 Å². The van der Waals surface area contributed by atoms with Crippen LogP contribution in [0.4, 0.5) is 0 Å². The van der Waals surface area contributed by atoms with Crippen molar-refractivity contribution in [2.45, 2.75) is 32.4 Å². The second-order valence-electron chi connectivity index (χ2n) is 4.22. The van der Waals surface area contributed by atoms with E-state index in [1.165, 1.54) is 0 Å². The first kappa shape index (κ1) is 11.9. The monoisotopic (exact) mass is 230 g/mol. The third kappa shape index (κ3) is 2.39. The van der Waals surface area contributed by atoms with Gasteiger partial charge in [0.05, 0.1) is 5.69 Å². The highest BCUT2D eigenvalue weighted by Gasteiger charge is 2.20. The molecule has 0 saturated heterocycles. The van der Waals surface area contributed by atoms with E-state index in [0.717, 1.165) is 17.8 Å². The van der Waals surface area contributed by atoms with Crippen molar-refractivity contribution < 1.29 is 5.11 Å². The first-order valence-corrected chi connectivity index (χ1v) is 5.98. The smallest absolute Gasteiger partial charge is 0.102 e. The van der Waals surface area contributed by atoms with E-state index in [-0.39, 0.29) is 5.92 Å². The molecule has 0 aliphatic rings. The average Bonchev–Trinajstić information content (AvgIpc) is 2.86. The molecule has 0 bridgehead atoms. The zero-order chi connectivity index (χ0) is 12.3. The molecular weight excluding hydrogens is 212 g/mol. The van der Waals surface area contributed by atoms with Crippen LogP contribution in [0.15, 0.2) is 42.6 Å². The van der Waals surface area contributed by atoms with Gasteiger partial charge < -0.3 is 5.11 Å². The lowest BCUT2D eigenvalue weighted by Crippen LogP contribution is -2.13. The topological polar surface area (TPSA) is 38.0 Å². The van der Waals surface area contributed by atoms with Crippen LogP contribution < -0.4 is 0 Å². The van der Waals surface area contributed by atoms with Gasteiger partial charge >= 0.3 is 0 Å². The molecule has 3 nitrogen and oxygen atoms in total. The Bertz CT molecular complexity index is 464. The Morgan fingerprint density at radius 3 is 2.59 bits per heavy atom. The minimum Gasteiger partial charge on any atom is -0.386 e. The van der Waals surface area contributed by atoms with E-state index in [9.17, 15) is 5.11 Å². The normalized spacial score (nSPS) is 14.5. The summed E-state index contributed by atoms with van der Waals surface area (Å²) in [5.41, 5.74) is 2.02. The Hall–Kier alpha value is -1.61. The van der Waals surface area contributed by atoms with Crippen molar-refractivity contribution in [3.8, 4) is 0 Å². The Kier molecular flexibility index (Phi) is 3.59. The zero-order valence-electron chi connectivity index (χ0n) is 10.2. The van der Waals surface area contributed by atoms with Crippen molar-refractivity contribution in [2.24, 2.45) is 0 Å². The van der Waals surface area contributed by atoms with Crippen molar-refractivity contribution >= 4 is 0 Å². The number of hydrogen-bond donors (Lipinski definition) is 1. The summed E-state index contributed by atoms with van der Waals surface area (Å²) < 4.78 is 1.84. The highest BCUT2D eigenvalue weighted by Crippen LogP contribution is 2.29. The van der Waals surface area contributed by atoms with E-state index >= 15 is 0 Å². The number of aryl methyl sites for hydroxylation is 1. The molecule has 1 aromatic carbocycles. The summed E-state index contributed by atoms with van der Waals surface area (Å²) in [6.07, 6.45) is 1.22. The fraction of sp³-hybridized carbons (Fsp3) is 0.357. The first-order valence-electron chi connectivity index (χ1n) is 5.98. The van der Waals surface area contributed by atoms with Crippen molar-refractivity contribution in [2.75, 3.05) is 0 Å². The number of aromatic nitrogens is 2. The van der Waals surface area contributed by atoms with Gasteiger partial charge in [0.2, 0.25) is 0 Å². The van der Waals surface area contributed by atoms with E-state index in [1.54, 1.807) is 6.20 Å². The molecule has 0 amide bonds. The van der Waals surface area contributed by atoms with Crippen molar-refractivity contribution in [1.29, 1.82) is 0 Å². The summed E-state index contributed by atoms with van der Waals surface area (Å²) >= 11 is 0. The predicted octanol–water partition coefficient (Wildman–Crippen LogP) is 2.74. The molecule has 0 fully saturated rings. The standard InChI is InChI=1S/C14H18N2O/c1-3-16-13(9-10-15-16)14(17)11(2)12-7-5-4-6-8-12/h4-11,14,17H,3H2,1-2H3. The number of hydrogen-bond acceptors (Lipinski definition) is 2. The number of rotatable bonds is 4. The van der Waals surface area contributed by atoms with E-state index in [0.29, 0.717) is 0 Å². The Morgan fingerprint density at radius 1 is 1.24 bits per heavy atom. The molecule has 1 heterocycles. The number of aliphatic hydroxyl groups excluding tert-OH is 1. The maximum absolute atomic E-state index is 10.4. The zero-order valence-corrected chi connectivity index (χ0v) is 10.2. The molecule has 90 valence electrons. The minimum absolute atomic E-state index is 0.0678. The molecule has 3 heteroatoms. The van der Waals surface area contributed by atoms with Crippen LogP contribution in [0.2, 0.25) is 0 Å². The van der Waals surface area contributed by atoms with Crippen molar-refractivity contribution in [3.05, 3.63) is 53.9 Å². The highest BCUT2D eigenvalue weighted by molar-refractivity contribution is 5.22. The maximum atomic E-state index is 10.4. The minimum atomic E-state index is -0.514. The van der Waals surface area contributed by atoms with Crippen molar-refractivity contribution in [1.82, 2.24) is 9.78 Å². The summed E-state index contributed by atoms with van der Waals surface area (Å²) in [4.78, 5) is 0. The SMILES string of the molecule is CCn1nccc1C(O)C(C)c1ccccc1. The van der Waals surface area contributed by atoms with Crippen LogP contribution in [-0.4, -0.2) is 14.9 Å².